The molecule has 110 valence electrons. The van der Waals surface area contributed by atoms with Gasteiger partial charge in [-0.3, -0.25) is 14.4 Å². The predicted octanol–water partition coefficient (Wildman–Crippen LogP) is 1.56. The standard InChI is InChI=1S/C14H13NO5S/c16-11-6-7-12(17)15(11)20-13(18)8-9-21-14(19)10-4-2-1-3-5-10/h1-5H,6-9H2. The third kappa shape index (κ3) is 4.16. The van der Waals surface area contributed by atoms with Crippen molar-refractivity contribution in [3.8, 4) is 0 Å². The molecular formula is C14H13NO5S. The number of amides is 2. The summed E-state index contributed by atoms with van der Waals surface area (Å²) in [5.74, 6) is -1.50. The predicted molar refractivity (Wildman–Crippen MR) is 75.0 cm³/mol. The summed E-state index contributed by atoms with van der Waals surface area (Å²) in [6.45, 7) is 0. The van der Waals surface area contributed by atoms with Crippen LogP contribution in [0.15, 0.2) is 30.3 Å². The molecule has 1 aromatic carbocycles. The summed E-state index contributed by atoms with van der Waals surface area (Å²) in [6, 6.07) is 8.70. The van der Waals surface area contributed by atoms with Crippen molar-refractivity contribution >= 4 is 34.7 Å². The van der Waals surface area contributed by atoms with Crippen LogP contribution < -0.4 is 0 Å². The second kappa shape index (κ2) is 7.03. The zero-order valence-electron chi connectivity index (χ0n) is 11.1. The van der Waals surface area contributed by atoms with Gasteiger partial charge in [-0.15, -0.1) is 5.06 Å². The van der Waals surface area contributed by atoms with Crippen LogP contribution in [0.3, 0.4) is 0 Å². The molecule has 1 saturated heterocycles. The number of hydrogen-bond donors (Lipinski definition) is 0. The molecule has 0 aliphatic carbocycles. The van der Waals surface area contributed by atoms with Crippen molar-refractivity contribution in [2.45, 2.75) is 19.3 Å². The Morgan fingerprint density at radius 3 is 2.33 bits per heavy atom. The lowest BCUT2D eigenvalue weighted by molar-refractivity contribution is -0.197. The number of nitrogens with zero attached hydrogens (tertiary/aromatic N) is 1. The van der Waals surface area contributed by atoms with Gasteiger partial charge in [0, 0.05) is 24.2 Å². The summed E-state index contributed by atoms with van der Waals surface area (Å²) in [5.41, 5.74) is 0.556. The molecular weight excluding hydrogens is 294 g/mol. The topological polar surface area (TPSA) is 80.8 Å². The Hall–Kier alpha value is -2.15. The van der Waals surface area contributed by atoms with Crippen molar-refractivity contribution in [1.82, 2.24) is 5.06 Å². The fourth-order valence-corrected chi connectivity index (χ4v) is 2.45. The van der Waals surface area contributed by atoms with Crippen molar-refractivity contribution < 1.29 is 24.0 Å². The molecule has 0 bridgehead atoms. The number of imide groups is 1. The van der Waals surface area contributed by atoms with Gasteiger partial charge in [0.25, 0.3) is 11.8 Å². The molecule has 21 heavy (non-hydrogen) atoms. The molecule has 1 aliphatic rings. The molecule has 0 N–H and O–H groups in total. The number of hydroxylamine groups is 2. The van der Waals surface area contributed by atoms with Crippen molar-refractivity contribution in [2.24, 2.45) is 0 Å². The van der Waals surface area contributed by atoms with Gasteiger partial charge in [0.1, 0.15) is 0 Å². The lowest BCUT2D eigenvalue weighted by Crippen LogP contribution is -2.32. The second-order valence-corrected chi connectivity index (χ2v) is 5.36. The van der Waals surface area contributed by atoms with Crippen LogP contribution in [0.2, 0.25) is 0 Å². The van der Waals surface area contributed by atoms with Gasteiger partial charge in [0.15, 0.2) is 0 Å². The molecule has 0 unspecified atom stereocenters. The van der Waals surface area contributed by atoms with Gasteiger partial charge in [0.2, 0.25) is 5.12 Å². The summed E-state index contributed by atoms with van der Waals surface area (Å²) >= 11 is 0.989. The molecule has 6 nitrogen and oxygen atoms in total. The van der Waals surface area contributed by atoms with E-state index >= 15 is 0 Å². The maximum atomic E-state index is 11.8. The number of thioether (sulfide) groups is 1. The third-order valence-corrected chi connectivity index (χ3v) is 3.65. The van der Waals surface area contributed by atoms with E-state index in [2.05, 4.69) is 0 Å². The molecule has 0 radical (unpaired) electrons. The normalized spacial score (nSPS) is 14.4. The van der Waals surface area contributed by atoms with Crippen molar-refractivity contribution in [3.63, 3.8) is 0 Å². The minimum absolute atomic E-state index is 0.0553. The molecule has 0 spiro atoms. The number of carbonyl (C=O) groups excluding carboxylic acids is 4. The highest BCUT2D eigenvalue weighted by molar-refractivity contribution is 8.14. The molecule has 1 fully saturated rings. The lowest BCUT2D eigenvalue weighted by Gasteiger charge is -2.12. The first-order chi connectivity index (χ1) is 10.1. The molecule has 0 atom stereocenters. The first kappa shape index (κ1) is 15.2. The maximum absolute atomic E-state index is 11.8. The van der Waals surface area contributed by atoms with Crippen LogP contribution in [0.25, 0.3) is 0 Å². The highest BCUT2D eigenvalue weighted by atomic mass is 32.2. The average molecular weight is 307 g/mol. The number of benzene rings is 1. The van der Waals surface area contributed by atoms with Crippen molar-refractivity contribution in [3.05, 3.63) is 35.9 Å². The van der Waals surface area contributed by atoms with E-state index in [1.807, 2.05) is 6.07 Å². The van der Waals surface area contributed by atoms with Gasteiger partial charge < -0.3 is 4.84 Å². The maximum Gasteiger partial charge on any atom is 0.334 e. The van der Waals surface area contributed by atoms with Crippen molar-refractivity contribution in [1.29, 1.82) is 0 Å². The van der Waals surface area contributed by atoms with E-state index in [0.29, 0.717) is 10.6 Å². The Morgan fingerprint density at radius 2 is 1.71 bits per heavy atom. The van der Waals surface area contributed by atoms with E-state index in [0.717, 1.165) is 11.8 Å². The van der Waals surface area contributed by atoms with Gasteiger partial charge >= 0.3 is 5.97 Å². The van der Waals surface area contributed by atoms with Gasteiger partial charge in [-0.1, -0.05) is 42.1 Å². The fourth-order valence-electron chi connectivity index (χ4n) is 1.69. The Labute approximate surface area is 125 Å². The van der Waals surface area contributed by atoms with Crippen LogP contribution in [0.4, 0.5) is 0 Å². The SMILES string of the molecule is O=C(CCSC(=O)c1ccccc1)ON1C(=O)CCC1=O. The molecule has 1 aliphatic heterocycles. The zero-order valence-corrected chi connectivity index (χ0v) is 11.9. The first-order valence-electron chi connectivity index (χ1n) is 6.36. The average Bonchev–Trinajstić information content (AvgIpc) is 2.80. The van der Waals surface area contributed by atoms with Crippen LogP contribution in [0, 0.1) is 0 Å². The monoisotopic (exact) mass is 307 g/mol. The summed E-state index contributed by atoms with van der Waals surface area (Å²) in [6.07, 6.45) is 0.0704. The summed E-state index contributed by atoms with van der Waals surface area (Å²) in [7, 11) is 0. The molecule has 0 saturated carbocycles. The van der Waals surface area contributed by atoms with Crippen LogP contribution in [0.5, 0.6) is 0 Å². The van der Waals surface area contributed by atoms with Gasteiger partial charge in [-0.25, -0.2) is 4.79 Å². The minimum Gasteiger partial charge on any atom is -0.330 e. The molecule has 2 rings (SSSR count). The number of rotatable bonds is 5. The van der Waals surface area contributed by atoms with Crippen molar-refractivity contribution in [2.75, 3.05) is 5.75 Å². The van der Waals surface area contributed by atoms with E-state index in [9.17, 15) is 19.2 Å². The van der Waals surface area contributed by atoms with E-state index in [1.165, 1.54) is 0 Å². The first-order valence-corrected chi connectivity index (χ1v) is 7.35. The highest BCUT2D eigenvalue weighted by Crippen LogP contribution is 2.15. The number of carbonyl (C=O) groups is 4. The Balaban J connectivity index is 1.73. The Kier molecular flexibility index (Phi) is 5.10. The third-order valence-electron chi connectivity index (χ3n) is 2.75. The van der Waals surface area contributed by atoms with Crippen LogP contribution >= 0.6 is 11.8 Å². The molecule has 1 aromatic rings. The highest BCUT2D eigenvalue weighted by Gasteiger charge is 2.32. The van der Waals surface area contributed by atoms with E-state index < -0.39 is 17.8 Å². The van der Waals surface area contributed by atoms with E-state index in [1.54, 1.807) is 24.3 Å². The van der Waals surface area contributed by atoms with E-state index in [4.69, 9.17) is 4.84 Å². The lowest BCUT2D eigenvalue weighted by atomic mass is 10.2. The summed E-state index contributed by atoms with van der Waals surface area (Å²) < 4.78 is 0. The van der Waals surface area contributed by atoms with Gasteiger partial charge in [-0.05, 0) is 0 Å². The molecule has 1 heterocycles. The van der Waals surface area contributed by atoms with Gasteiger partial charge in [-0.2, -0.15) is 0 Å². The van der Waals surface area contributed by atoms with Crippen LogP contribution in [-0.4, -0.2) is 33.7 Å². The smallest absolute Gasteiger partial charge is 0.330 e. The van der Waals surface area contributed by atoms with Crippen LogP contribution in [0.1, 0.15) is 29.6 Å². The van der Waals surface area contributed by atoms with E-state index in [-0.39, 0.29) is 30.1 Å². The quantitative estimate of drug-likeness (QED) is 0.768. The van der Waals surface area contributed by atoms with Crippen LogP contribution in [-0.2, 0) is 19.2 Å². The largest absolute Gasteiger partial charge is 0.334 e. The molecule has 7 heteroatoms. The fraction of sp³-hybridized carbons (Fsp3) is 0.286. The Bertz CT molecular complexity index is 556. The zero-order chi connectivity index (χ0) is 15.2. The Morgan fingerprint density at radius 1 is 1.10 bits per heavy atom. The number of hydrogen-bond acceptors (Lipinski definition) is 6. The molecule has 0 aromatic heterocycles. The van der Waals surface area contributed by atoms with Gasteiger partial charge in [0.05, 0.1) is 6.42 Å². The minimum atomic E-state index is -0.702. The second-order valence-electron chi connectivity index (χ2n) is 4.30. The summed E-state index contributed by atoms with van der Waals surface area (Å²) in [5, 5.41) is 0.364. The summed E-state index contributed by atoms with van der Waals surface area (Å²) in [4.78, 5) is 50.5. The molecule has 2 amide bonds.